The molecule has 0 bridgehead atoms. The molecule has 26 heavy (non-hydrogen) atoms. The molecule has 0 aliphatic carbocycles. The van der Waals surface area contributed by atoms with E-state index in [1.165, 1.54) is 0 Å². The van der Waals surface area contributed by atoms with E-state index in [1.807, 2.05) is 0 Å². The lowest BCUT2D eigenvalue weighted by Crippen LogP contribution is -2.47. The van der Waals surface area contributed by atoms with E-state index < -0.39 is 15.6 Å². The molecule has 0 radical (unpaired) electrons. The fraction of sp³-hybridized carbons (Fsp3) is 0.647. The number of carbonyl (C=O) groups excluding carboxylic acids is 1. The van der Waals surface area contributed by atoms with Crippen molar-refractivity contribution in [2.75, 3.05) is 43.1 Å². The van der Waals surface area contributed by atoms with E-state index in [0.29, 0.717) is 56.9 Å². The molecule has 142 valence electrons. The first kappa shape index (κ1) is 17.7. The second-order valence-electron chi connectivity index (χ2n) is 7.08. The van der Waals surface area contributed by atoms with E-state index in [4.69, 9.17) is 9.47 Å². The van der Waals surface area contributed by atoms with Crippen LogP contribution < -0.4 is 5.32 Å². The van der Waals surface area contributed by atoms with Gasteiger partial charge in [0.1, 0.15) is 5.82 Å². The molecule has 3 aliphatic rings. The Bertz CT molecular complexity index is 764. The lowest BCUT2D eigenvalue weighted by atomic mass is 10.0. The molecule has 1 spiro atoms. The molecule has 0 aromatic carbocycles. The van der Waals surface area contributed by atoms with Gasteiger partial charge >= 0.3 is 0 Å². The van der Waals surface area contributed by atoms with Crippen LogP contribution in [0.5, 0.6) is 0 Å². The van der Waals surface area contributed by atoms with Crippen LogP contribution in [0.1, 0.15) is 29.6 Å². The third kappa shape index (κ3) is 3.70. The Morgan fingerprint density at radius 3 is 2.54 bits per heavy atom. The lowest BCUT2D eigenvalue weighted by Gasteiger charge is -2.37. The number of nitrogens with one attached hydrogen (secondary N) is 1. The van der Waals surface area contributed by atoms with E-state index in [2.05, 4.69) is 10.3 Å². The van der Waals surface area contributed by atoms with Gasteiger partial charge in [0.15, 0.2) is 15.6 Å². The largest absolute Gasteiger partial charge is 0.366 e. The molecule has 3 aliphatic heterocycles. The van der Waals surface area contributed by atoms with Crippen molar-refractivity contribution in [1.82, 2.24) is 9.88 Å². The Balaban J connectivity index is 1.34. The van der Waals surface area contributed by atoms with Crippen molar-refractivity contribution in [1.29, 1.82) is 0 Å². The van der Waals surface area contributed by atoms with Gasteiger partial charge in [-0.25, -0.2) is 13.4 Å². The second-order valence-corrected chi connectivity index (χ2v) is 9.30. The number of hydrogen-bond donors (Lipinski definition) is 1. The van der Waals surface area contributed by atoms with Gasteiger partial charge in [0.25, 0.3) is 5.91 Å². The summed E-state index contributed by atoms with van der Waals surface area (Å²) in [5, 5.41) is 3.13. The number of rotatable bonds is 3. The van der Waals surface area contributed by atoms with Crippen LogP contribution in [0, 0.1) is 0 Å². The highest BCUT2D eigenvalue weighted by atomic mass is 32.2. The van der Waals surface area contributed by atoms with Crippen LogP contribution in [0.4, 0.5) is 5.82 Å². The molecule has 1 amide bonds. The lowest BCUT2D eigenvalue weighted by molar-refractivity contribution is -0.181. The van der Waals surface area contributed by atoms with Crippen LogP contribution in [0.15, 0.2) is 18.3 Å². The van der Waals surface area contributed by atoms with Crippen LogP contribution in [-0.2, 0) is 19.3 Å². The summed E-state index contributed by atoms with van der Waals surface area (Å²) in [6.45, 7) is 2.43. The summed E-state index contributed by atoms with van der Waals surface area (Å²) in [6.07, 6.45) is 3.50. The van der Waals surface area contributed by atoms with Crippen molar-refractivity contribution < 1.29 is 22.7 Å². The monoisotopic (exact) mass is 381 g/mol. The van der Waals surface area contributed by atoms with Crippen molar-refractivity contribution in [3.8, 4) is 0 Å². The van der Waals surface area contributed by atoms with Gasteiger partial charge < -0.3 is 19.7 Å². The maximum Gasteiger partial charge on any atom is 0.255 e. The van der Waals surface area contributed by atoms with E-state index in [-0.39, 0.29) is 23.5 Å². The number of carbonyl (C=O) groups is 1. The van der Waals surface area contributed by atoms with Crippen LogP contribution in [0.2, 0.25) is 0 Å². The zero-order valence-corrected chi connectivity index (χ0v) is 15.3. The topological polar surface area (TPSA) is 97.8 Å². The fourth-order valence-electron chi connectivity index (χ4n) is 3.74. The SMILES string of the molecule is O=C(c1ccc(NC2CCS(=O)(=O)C2)nc1)N1CCC2(CC1)OCCO2. The molecule has 3 fully saturated rings. The minimum absolute atomic E-state index is 0.0552. The van der Waals surface area contributed by atoms with E-state index in [0.717, 1.165) is 0 Å². The zero-order valence-electron chi connectivity index (χ0n) is 14.5. The molecule has 3 saturated heterocycles. The van der Waals surface area contributed by atoms with Crippen molar-refractivity contribution in [3.05, 3.63) is 23.9 Å². The fourth-order valence-corrected chi connectivity index (χ4v) is 5.42. The van der Waals surface area contributed by atoms with Gasteiger partial charge in [-0.2, -0.15) is 0 Å². The number of pyridine rings is 1. The van der Waals surface area contributed by atoms with Crippen LogP contribution in [0.3, 0.4) is 0 Å². The number of anilines is 1. The molecule has 0 saturated carbocycles. The first-order valence-corrected chi connectivity index (χ1v) is 10.8. The molecular weight excluding hydrogens is 358 g/mol. The highest BCUT2D eigenvalue weighted by molar-refractivity contribution is 7.91. The van der Waals surface area contributed by atoms with Crippen LogP contribution >= 0.6 is 0 Å². The van der Waals surface area contributed by atoms with E-state index in [1.54, 1.807) is 23.2 Å². The van der Waals surface area contributed by atoms with Crippen molar-refractivity contribution in [3.63, 3.8) is 0 Å². The summed E-state index contributed by atoms with van der Waals surface area (Å²) in [5.41, 5.74) is 0.527. The Labute approximate surface area is 152 Å². The van der Waals surface area contributed by atoms with Gasteiger partial charge in [0.05, 0.1) is 30.3 Å². The van der Waals surface area contributed by atoms with E-state index in [9.17, 15) is 13.2 Å². The minimum atomic E-state index is -2.93. The van der Waals surface area contributed by atoms with Gasteiger partial charge in [-0.15, -0.1) is 0 Å². The summed E-state index contributed by atoms with van der Waals surface area (Å²) >= 11 is 0. The summed E-state index contributed by atoms with van der Waals surface area (Å²) in [4.78, 5) is 18.7. The van der Waals surface area contributed by atoms with Gasteiger partial charge in [-0.3, -0.25) is 4.79 Å². The zero-order chi connectivity index (χ0) is 18.2. The quantitative estimate of drug-likeness (QED) is 0.821. The van der Waals surface area contributed by atoms with Gasteiger partial charge in [0.2, 0.25) is 0 Å². The maximum atomic E-state index is 12.6. The maximum absolute atomic E-state index is 12.6. The number of amides is 1. The van der Waals surface area contributed by atoms with Crippen molar-refractivity contribution in [2.45, 2.75) is 31.1 Å². The summed E-state index contributed by atoms with van der Waals surface area (Å²) in [6, 6.07) is 3.35. The molecule has 4 heterocycles. The first-order valence-electron chi connectivity index (χ1n) is 8.95. The van der Waals surface area contributed by atoms with Crippen LogP contribution in [-0.4, -0.2) is 73.8 Å². The molecule has 1 aromatic rings. The number of aromatic nitrogens is 1. The Hall–Kier alpha value is -1.71. The molecule has 1 unspecified atom stereocenters. The second kappa shape index (κ2) is 6.79. The number of nitrogens with zero attached hydrogens (tertiary/aromatic N) is 2. The number of piperidine rings is 1. The number of sulfone groups is 1. The molecular formula is C17H23N3O5S. The van der Waals surface area contributed by atoms with Crippen molar-refractivity contribution in [2.24, 2.45) is 0 Å². The van der Waals surface area contributed by atoms with E-state index >= 15 is 0 Å². The average molecular weight is 381 g/mol. The molecule has 1 N–H and O–H groups in total. The predicted molar refractivity (Wildman–Crippen MR) is 94.7 cm³/mol. The number of likely N-dealkylation sites (tertiary alicyclic amines) is 1. The van der Waals surface area contributed by atoms with Gasteiger partial charge in [-0.05, 0) is 18.6 Å². The Morgan fingerprint density at radius 2 is 1.96 bits per heavy atom. The predicted octanol–water partition coefficient (Wildman–Crippen LogP) is 0.660. The summed E-state index contributed by atoms with van der Waals surface area (Å²) in [5.74, 6) is 0.388. The Kier molecular flexibility index (Phi) is 4.62. The highest BCUT2D eigenvalue weighted by Crippen LogP contribution is 2.31. The van der Waals surface area contributed by atoms with Gasteiger partial charge in [0, 0.05) is 38.2 Å². The summed E-state index contributed by atoms with van der Waals surface area (Å²) < 4.78 is 34.4. The molecule has 1 atom stereocenters. The molecule has 9 heteroatoms. The number of ether oxygens (including phenoxy) is 2. The number of hydrogen-bond acceptors (Lipinski definition) is 7. The third-order valence-corrected chi connectivity index (χ3v) is 6.99. The average Bonchev–Trinajstić information content (AvgIpc) is 3.22. The molecule has 4 rings (SSSR count). The van der Waals surface area contributed by atoms with Crippen molar-refractivity contribution >= 4 is 21.6 Å². The normalized spacial score (nSPS) is 26.9. The molecule has 1 aromatic heterocycles. The third-order valence-electron chi connectivity index (χ3n) is 5.22. The standard InChI is InChI=1S/C17H23N3O5S/c21-16(20-6-4-17(5-7-20)24-8-9-25-17)13-1-2-15(18-11-13)19-14-3-10-26(22,23)12-14/h1-2,11,14H,3-10,12H2,(H,18,19). The summed E-state index contributed by atoms with van der Waals surface area (Å²) in [7, 11) is -2.93. The molecule has 8 nitrogen and oxygen atoms in total. The van der Waals surface area contributed by atoms with Gasteiger partial charge in [-0.1, -0.05) is 0 Å². The first-order chi connectivity index (χ1) is 12.4. The Morgan fingerprint density at radius 1 is 1.23 bits per heavy atom. The van der Waals surface area contributed by atoms with Crippen LogP contribution in [0.25, 0.3) is 0 Å². The smallest absolute Gasteiger partial charge is 0.255 e. The minimum Gasteiger partial charge on any atom is -0.366 e. The highest BCUT2D eigenvalue weighted by Gasteiger charge is 2.40.